The van der Waals surface area contributed by atoms with Crippen LogP contribution >= 0.6 is 23.2 Å². The molecular weight excluding hydrogens is 401 g/mol. The lowest BCUT2D eigenvalue weighted by molar-refractivity contribution is 0.325. The fraction of sp³-hybridized carbons (Fsp3) is 0.333. The molecule has 144 valence electrons. The molecule has 0 N–H and O–H groups in total. The van der Waals surface area contributed by atoms with Crippen molar-refractivity contribution in [1.29, 1.82) is 0 Å². The zero-order valence-electron chi connectivity index (χ0n) is 15.4. The zero-order chi connectivity index (χ0) is 19.6. The molecule has 0 spiro atoms. The van der Waals surface area contributed by atoms with Crippen molar-refractivity contribution < 1.29 is 8.42 Å². The molecule has 2 atom stereocenters. The minimum Gasteiger partial charge on any atom is -0.207 e. The minimum atomic E-state index is -3.75. The Morgan fingerprint density at radius 1 is 1.07 bits per heavy atom. The average Bonchev–Trinajstić information content (AvgIpc) is 2.67. The summed E-state index contributed by atoms with van der Waals surface area (Å²) in [5, 5.41) is 0.498. The van der Waals surface area contributed by atoms with Crippen LogP contribution in [0.25, 0.3) is 6.08 Å². The molecule has 27 heavy (non-hydrogen) atoms. The van der Waals surface area contributed by atoms with Crippen LogP contribution in [0, 0.1) is 0 Å². The van der Waals surface area contributed by atoms with E-state index in [1.54, 1.807) is 12.1 Å². The van der Waals surface area contributed by atoms with Crippen LogP contribution in [0.3, 0.4) is 0 Å². The molecule has 0 fully saturated rings. The van der Waals surface area contributed by atoms with E-state index in [2.05, 4.69) is 6.07 Å². The van der Waals surface area contributed by atoms with Gasteiger partial charge in [0.2, 0.25) is 10.0 Å². The lowest BCUT2D eigenvalue weighted by Gasteiger charge is -2.34. The summed E-state index contributed by atoms with van der Waals surface area (Å²) in [6.45, 7) is 3.85. The molecule has 0 aromatic heterocycles. The summed E-state index contributed by atoms with van der Waals surface area (Å²) in [4.78, 5) is 0.203. The highest BCUT2D eigenvalue weighted by Crippen LogP contribution is 2.34. The van der Waals surface area contributed by atoms with Gasteiger partial charge in [0.1, 0.15) is 5.50 Å². The van der Waals surface area contributed by atoms with Crippen LogP contribution in [-0.4, -0.2) is 24.3 Å². The summed E-state index contributed by atoms with van der Waals surface area (Å²) < 4.78 is 28.1. The van der Waals surface area contributed by atoms with Crippen LogP contribution in [0.1, 0.15) is 37.8 Å². The first-order valence-corrected chi connectivity index (χ1v) is 11.3. The normalized spacial score (nSPS) is 16.6. The molecular formula is C21H23Cl2NO2S. The van der Waals surface area contributed by atoms with Gasteiger partial charge in [0.25, 0.3) is 0 Å². The van der Waals surface area contributed by atoms with Gasteiger partial charge in [-0.1, -0.05) is 60.5 Å². The number of sulfonamides is 1. The molecule has 3 nitrogen and oxygen atoms in total. The highest BCUT2D eigenvalue weighted by Gasteiger charge is 2.36. The second kappa shape index (κ2) is 8.36. The largest absolute Gasteiger partial charge is 0.244 e. The fourth-order valence-electron chi connectivity index (χ4n) is 3.30. The Labute approximate surface area is 171 Å². The van der Waals surface area contributed by atoms with Gasteiger partial charge in [0, 0.05) is 11.1 Å². The molecule has 0 saturated carbocycles. The molecule has 0 saturated heterocycles. The maximum absolute atomic E-state index is 13.3. The van der Waals surface area contributed by atoms with Crippen LogP contribution in [0.5, 0.6) is 0 Å². The Balaban J connectivity index is 2.00. The fourth-order valence-corrected chi connectivity index (χ4v) is 5.83. The molecule has 1 aliphatic carbocycles. The van der Waals surface area contributed by atoms with E-state index >= 15 is 0 Å². The van der Waals surface area contributed by atoms with E-state index in [9.17, 15) is 8.42 Å². The van der Waals surface area contributed by atoms with Gasteiger partial charge in [-0.05, 0) is 67.2 Å². The standard InChI is InChI=1S/C21H23Cl2NO2S/c1-3-15(2)24(27(25,26)20-12-10-19(22)11-13-20)21(23)18-9-8-16-6-4-5-7-17(16)14-18/h4-7,10-15,21H,3,8-9H2,1-2H3. The van der Waals surface area contributed by atoms with E-state index in [0.717, 1.165) is 24.0 Å². The van der Waals surface area contributed by atoms with Crippen molar-refractivity contribution in [2.75, 3.05) is 0 Å². The topological polar surface area (TPSA) is 37.4 Å². The van der Waals surface area contributed by atoms with Gasteiger partial charge in [-0.15, -0.1) is 0 Å². The van der Waals surface area contributed by atoms with Gasteiger partial charge in [0.05, 0.1) is 4.90 Å². The molecule has 2 aromatic carbocycles. The highest BCUT2D eigenvalue weighted by molar-refractivity contribution is 7.89. The van der Waals surface area contributed by atoms with E-state index in [-0.39, 0.29) is 10.9 Å². The maximum Gasteiger partial charge on any atom is 0.244 e. The van der Waals surface area contributed by atoms with Gasteiger partial charge in [-0.2, -0.15) is 4.31 Å². The number of hydrogen-bond donors (Lipinski definition) is 0. The number of benzene rings is 2. The summed E-state index contributed by atoms with van der Waals surface area (Å²) in [5.41, 5.74) is 2.57. The van der Waals surface area contributed by atoms with Gasteiger partial charge < -0.3 is 0 Å². The third-order valence-corrected chi connectivity index (χ3v) is 7.87. The minimum absolute atomic E-state index is 0.203. The summed E-state index contributed by atoms with van der Waals surface area (Å²) >= 11 is 12.7. The lowest BCUT2D eigenvalue weighted by atomic mass is 9.92. The monoisotopic (exact) mass is 423 g/mol. The maximum atomic E-state index is 13.3. The molecule has 0 amide bonds. The third-order valence-electron chi connectivity index (χ3n) is 5.02. The predicted octanol–water partition coefficient (Wildman–Crippen LogP) is 5.72. The quantitative estimate of drug-likeness (QED) is 0.439. The van der Waals surface area contributed by atoms with Crippen molar-refractivity contribution in [3.63, 3.8) is 0 Å². The van der Waals surface area contributed by atoms with Gasteiger partial charge in [0.15, 0.2) is 0 Å². The van der Waals surface area contributed by atoms with Crippen LogP contribution in [0.15, 0.2) is 59.0 Å². The van der Waals surface area contributed by atoms with E-state index in [0.29, 0.717) is 11.4 Å². The molecule has 2 aromatic rings. The van der Waals surface area contributed by atoms with Crippen molar-refractivity contribution in [3.05, 3.63) is 70.3 Å². The lowest BCUT2D eigenvalue weighted by Crippen LogP contribution is -2.44. The van der Waals surface area contributed by atoms with Crippen LogP contribution in [0.2, 0.25) is 5.02 Å². The first-order chi connectivity index (χ1) is 12.8. The number of fused-ring (bicyclic) bond motifs is 1. The smallest absolute Gasteiger partial charge is 0.207 e. The number of rotatable bonds is 6. The summed E-state index contributed by atoms with van der Waals surface area (Å²) in [7, 11) is -3.75. The molecule has 3 rings (SSSR count). The summed E-state index contributed by atoms with van der Waals surface area (Å²) in [6, 6.07) is 14.1. The van der Waals surface area contributed by atoms with Gasteiger partial charge >= 0.3 is 0 Å². The Morgan fingerprint density at radius 3 is 2.41 bits per heavy atom. The Morgan fingerprint density at radius 2 is 1.74 bits per heavy atom. The van der Waals surface area contributed by atoms with E-state index in [1.165, 1.54) is 22.0 Å². The number of alkyl halides is 1. The van der Waals surface area contributed by atoms with Crippen molar-refractivity contribution in [3.8, 4) is 0 Å². The second-order valence-corrected chi connectivity index (χ2v) is 9.49. The molecule has 0 bridgehead atoms. The van der Waals surface area contributed by atoms with Crippen LogP contribution < -0.4 is 0 Å². The molecule has 6 heteroatoms. The Kier molecular flexibility index (Phi) is 6.32. The highest BCUT2D eigenvalue weighted by atomic mass is 35.5. The van der Waals surface area contributed by atoms with E-state index < -0.39 is 15.5 Å². The van der Waals surface area contributed by atoms with Crippen LogP contribution in [-0.2, 0) is 16.4 Å². The van der Waals surface area contributed by atoms with Crippen molar-refractivity contribution >= 4 is 39.3 Å². The second-order valence-electron chi connectivity index (χ2n) is 6.80. The molecule has 0 aliphatic heterocycles. The van der Waals surface area contributed by atoms with Crippen molar-refractivity contribution in [2.24, 2.45) is 0 Å². The number of aryl methyl sites for hydroxylation is 1. The van der Waals surface area contributed by atoms with Gasteiger partial charge in [-0.3, -0.25) is 0 Å². The van der Waals surface area contributed by atoms with Crippen LogP contribution in [0.4, 0.5) is 0 Å². The number of halogens is 2. The molecule has 2 unspecified atom stereocenters. The van der Waals surface area contributed by atoms with Crippen molar-refractivity contribution in [1.82, 2.24) is 4.31 Å². The number of nitrogens with zero attached hydrogens (tertiary/aromatic N) is 1. The van der Waals surface area contributed by atoms with E-state index in [4.69, 9.17) is 23.2 Å². The number of hydrogen-bond acceptors (Lipinski definition) is 2. The van der Waals surface area contributed by atoms with E-state index in [1.807, 2.05) is 38.1 Å². The van der Waals surface area contributed by atoms with Gasteiger partial charge in [-0.25, -0.2) is 8.42 Å². The SMILES string of the molecule is CCC(C)N(C(Cl)C1=Cc2ccccc2CC1)S(=O)(=O)c1ccc(Cl)cc1. The molecule has 1 aliphatic rings. The summed E-state index contributed by atoms with van der Waals surface area (Å²) in [5.74, 6) is 0. The first-order valence-electron chi connectivity index (χ1n) is 9.06. The Bertz CT molecular complexity index is 939. The summed E-state index contributed by atoms with van der Waals surface area (Å²) in [6.07, 6.45) is 4.30. The van der Waals surface area contributed by atoms with Crippen molar-refractivity contribution in [2.45, 2.75) is 49.5 Å². The predicted molar refractivity (Wildman–Crippen MR) is 113 cm³/mol. The Hall–Kier alpha value is -1.33. The third kappa shape index (κ3) is 4.24. The molecule has 0 radical (unpaired) electrons. The average molecular weight is 424 g/mol. The molecule has 0 heterocycles. The zero-order valence-corrected chi connectivity index (χ0v) is 17.7. The first kappa shape index (κ1) is 20.4.